The van der Waals surface area contributed by atoms with Gasteiger partial charge >= 0.3 is 0 Å². The largest absolute Gasteiger partial charge is 0.435 e. The molecule has 3 aromatic rings. The molecule has 1 aliphatic rings. The van der Waals surface area contributed by atoms with Crippen LogP contribution in [0.5, 0.6) is 0 Å². The summed E-state index contributed by atoms with van der Waals surface area (Å²) in [5.41, 5.74) is 2.18. The van der Waals surface area contributed by atoms with Crippen LogP contribution in [-0.2, 0) is 10.0 Å². The Morgan fingerprint density at radius 2 is 1.83 bits per heavy atom. The number of hydrogen-bond acceptors (Lipinski definition) is 6. The lowest BCUT2D eigenvalue weighted by Crippen LogP contribution is -2.35. The lowest BCUT2D eigenvalue weighted by Gasteiger charge is -2.25. The first-order chi connectivity index (χ1) is 14.1. The van der Waals surface area contributed by atoms with Crippen LogP contribution in [-0.4, -0.2) is 30.8 Å². The van der Waals surface area contributed by atoms with E-state index in [1.165, 1.54) is 6.20 Å². The number of benzene rings is 2. The second kappa shape index (κ2) is 8.07. The number of piperidine rings is 1. The van der Waals surface area contributed by atoms with Crippen LogP contribution in [0.1, 0.15) is 25.2 Å². The van der Waals surface area contributed by atoms with E-state index in [0.717, 1.165) is 19.3 Å². The van der Waals surface area contributed by atoms with Crippen LogP contribution in [0, 0.1) is 11.3 Å². The summed E-state index contributed by atoms with van der Waals surface area (Å²) >= 11 is 0. The van der Waals surface area contributed by atoms with Crippen LogP contribution in [0.4, 0.5) is 5.69 Å². The number of para-hydroxylation sites is 2. The van der Waals surface area contributed by atoms with Gasteiger partial charge < -0.3 is 9.73 Å². The molecule has 2 aromatic carbocycles. The number of nitrogens with one attached hydrogen (secondary N) is 1. The number of hydrogen-bond donors (Lipinski definition) is 1. The number of sulfonamides is 1. The average molecular weight is 408 g/mol. The van der Waals surface area contributed by atoms with Crippen LogP contribution >= 0.6 is 0 Å². The molecule has 0 radical (unpaired) electrons. The Morgan fingerprint density at radius 3 is 2.52 bits per heavy atom. The van der Waals surface area contributed by atoms with Crippen molar-refractivity contribution in [1.82, 2.24) is 9.29 Å². The SMILES string of the molecule is N#C/C(=C/Nc1ccc(S(=O)(=O)N2CCCCC2)cc1)c1nc2ccccc2o1. The zero-order valence-corrected chi connectivity index (χ0v) is 16.5. The van der Waals surface area contributed by atoms with Crippen molar-refractivity contribution >= 4 is 32.4 Å². The van der Waals surface area contributed by atoms with Gasteiger partial charge in [0.1, 0.15) is 17.2 Å². The highest BCUT2D eigenvalue weighted by Crippen LogP contribution is 2.23. The predicted molar refractivity (Wildman–Crippen MR) is 110 cm³/mol. The summed E-state index contributed by atoms with van der Waals surface area (Å²) < 4.78 is 32.6. The maximum Gasteiger partial charge on any atom is 0.243 e. The highest BCUT2D eigenvalue weighted by molar-refractivity contribution is 7.89. The number of nitrogens with zero attached hydrogens (tertiary/aromatic N) is 3. The number of oxazole rings is 1. The number of aromatic nitrogens is 1. The van der Waals surface area contributed by atoms with Crippen molar-refractivity contribution in [2.75, 3.05) is 18.4 Å². The van der Waals surface area contributed by atoms with Crippen molar-refractivity contribution in [3.8, 4) is 6.07 Å². The molecule has 0 spiro atoms. The van der Waals surface area contributed by atoms with E-state index in [9.17, 15) is 13.7 Å². The van der Waals surface area contributed by atoms with Gasteiger partial charge in [0.05, 0.1) is 4.90 Å². The number of allylic oxidation sites excluding steroid dienone is 1. The summed E-state index contributed by atoms with van der Waals surface area (Å²) in [5.74, 6) is 0.227. The fourth-order valence-electron chi connectivity index (χ4n) is 3.26. The monoisotopic (exact) mass is 408 g/mol. The second-order valence-corrected chi connectivity index (χ2v) is 8.73. The summed E-state index contributed by atoms with van der Waals surface area (Å²) in [6.07, 6.45) is 4.37. The minimum Gasteiger partial charge on any atom is -0.435 e. The Hall–Kier alpha value is -3.15. The van der Waals surface area contributed by atoms with E-state index in [2.05, 4.69) is 16.4 Å². The van der Waals surface area contributed by atoms with Gasteiger partial charge in [0.2, 0.25) is 15.9 Å². The van der Waals surface area contributed by atoms with Gasteiger partial charge in [-0.15, -0.1) is 0 Å². The van der Waals surface area contributed by atoms with Gasteiger partial charge in [-0.1, -0.05) is 18.6 Å². The van der Waals surface area contributed by atoms with Crippen molar-refractivity contribution in [3.05, 3.63) is 60.6 Å². The van der Waals surface area contributed by atoms with Gasteiger partial charge in [0, 0.05) is 25.0 Å². The fourth-order valence-corrected chi connectivity index (χ4v) is 4.78. The third-order valence-electron chi connectivity index (χ3n) is 4.84. The van der Waals surface area contributed by atoms with E-state index in [1.54, 1.807) is 34.6 Å². The lowest BCUT2D eigenvalue weighted by molar-refractivity contribution is 0.346. The summed E-state index contributed by atoms with van der Waals surface area (Å²) in [4.78, 5) is 4.58. The van der Waals surface area contributed by atoms with Gasteiger partial charge in [-0.05, 0) is 49.2 Å². The minimum absolute atomic E-state index is 0.227. The van der Waals surface area contributed by atoms with Gasteiger partial charge in [-0.2, -0.15) is 9.57 Å². The highest BCUT2D eigenvalue weighted by Gasteiger charge is 2.25. The van der Waals surface area contributed by atoms with E-state index in [0.29, 0.717) is 29.9 Å². The van der Waals surface area contributed by atoms with Gasteiger partial charge in [0.15, 0.2) is 5.58 Å². The van der Waals surface area contributed by atoms with Crippen molar-refractivity contribution in [2.24, 2.45) is 0 Å². The van der Waals surface area contributed by atoms with Crippen LogP contribution in [0.15, 0.2) is 64.0 Å². The Labute approximate surface area is 169 Å². The molecule has 0 amide bonds. The van der Waals surface area contributed by atoms with Crippen LogP contribution in [0.3, 0.4) is 0 Å². The molecule has 0 saturated carbocycles. The molecule has 0 bridgehead atoms. The first-order valence-electron chi connectivity index (χ1n) is 9.41. The molecule has 0 aliphatic carbocycles. The highest BCUT2D eigenvalue weighted by atomic mass is 32.2. The molecule has 29 heavy (non-hydrogen) atoms. The molecule has 0 atom stereocenters. The lowest BCUT2D eigenvalue weighted by atomic mass is 10.2. The first-order valence-corrected chi connectivity index (χ1v) is 10.8. The Balaban J connectivity index is 1.51. The van der Waals surface area contributed by atoms with Gasteiger partial charge in [-0.25, -0.2) is 13.4 Å². The van der Waals surface area contributed by atoms with E-state index in [1.807, 2.05) is 18.2 Å². The Bertz CT molecular complexity index is 1150. The zero-order chi connectivity index (χ0) is 20.3. The molecule has 8 heteroatoms. The van der Waals surface area contributed by atoms with Crippen molar-refractivity contribution in [1.29, 1.82) is 5.26 Å². The summed E-state index contributed by atoms with van der Waals surface area (Å²) in [6.45, 7) is 1.14. The molecule has 7 nitrogen and oxygen atoms in total. The normalized spacial score (nSPS) is 15.9. The molecule has 1 saturated heterocycles. The zero-order valence-electron chi connectivity index (χ0n) is 15.7. The van der Waals surface area contributed by atoms with Crippen LogP contribution in [0.25, 0.3) is 16.7 Å². The molecular weight excluding hydrogens is 388 g/mol. The molecule has 4 rings (SSSR count). The molecule has 1 N–H and O–H groups in total. The Morgan fingerprint density at radius 1 is 1.10 bits per heavy atom. The van der Waals surface area contributed by atoms with E-state index in [-0.39, 0.29) is 16.4 Å². The third kappa shape index (κ3) is 4.01. The van der Waals surface area contributed by atoms with Crippen molar-refractivity contribution in [3.63, 3.8) is 0 Å². The number of nitriles is 1. The molecule has 1 aromatic heterocycles. The molecular formula is C21H20N4O3S. The van der Waals surface area contributed by atoms with Gasteiger partial charge in [-0.3, -0.25) is 0 Å². The van der Waals surface area contributed by atoms with Crippen molar-refractivity contribution < 1.29 is 12.8 Å². The number of anilines is 1. The summed E-state index contributed by atoms with van der Waals surface area (Å²) in [6, 6.07) is 15.9. The molecule has 148 valence electrons. The standard InChI is InChI=1S/C21H20N4O3S/c22-14-16(21-24-19-6-2-3-7-20(19)28-21)15-23-17-8-10-18(11-9-17)29(26,27)25-12-4-1-5-13-25/h2-3,6-11,15,23H,1,4-5,12-13H2/b16-15-. The van der Waals surface area contributed by atoms with Crippen LogP contribution < -0.4 is 5.32 Å². The maximum absolute atomic E-state index is 12.7. The van der Waals surface area contributed by atoms with E-state index < -0.39 is 10.0 Å². The van der Waals surface area contributed by atoms with Crippen molar-refractivity contribution in [2.45, 2.75) is 24.2 Å². The Kier molecular flexibility index (Phi) is 5.34. The summed E-state index contributed by atoms with van der Waals surface area (Å²) in [7, 11) is -3.46. The fraction of sp³-hybridized carbons (Fsp3) is 0.238. The van der Waals surface area contributed by atoms with E-state index >= 15 is 0 Å². The molecule has 1 fully saturated rings. The molecule has 0 unspecified atom stereocenters. The smallest absolute Gasteiger partial charge is 0.243 e. The minimum atomic E-state index is -3.46. The van der Waals surface area contributed by atoms with Crippen LogP contribution in [0.2, 0.25) is 0 Å². The number of rotatable bonds is 5. The topological polar surface area (TPSA) is 99.2 Å². The first kappa shape index (κ1) is 19.2. The maximum atomic E-state index is 12.7. The second-order valence-electron chi connectivity index (χ2n) is 6.79. The van der Waals surface area contributed by atoms with E-state index in [4.69, 9.17) is 4.42 Å². The molecule has 2 heterocycles. The molecule has 1 aliphatic heterocycles. The summed E-state index contributed by atoms with van der Waals surface area (Å²) in [5, 5.41) is 12.4. The predicted octanol–water partition coefficient (Wildman–Crippen LogP) is 3.98. The average Bonchev–Trinajstić information content (AvgIpc) is 3.19. The number of fused-ring (bicyclic) bond motifs is 1. The third-order valence-corrected chi connectivity index (χ3v) is 6.75. The van der Waals surface area contributed by atoms with Gasteiger partial charge in [0.25, 0.3) is 0 Å². The quantitative estimate of drug-likeness (QED) is 0.641.